The minimum absolute atomic E-state index is 0.179. The van der Waals surface area contributed by atoms with E-state index in [1.54, 1.807) is 15.9 Å². The summed E-state index contributed by atoms with van der Waals surface area (Å²) >= 11 is 0. The van der Waals surface area contributed by atoms with Crippen LogP contribution >= 0.6 is 0 Å². The van der Waals surface area contributed by atoms with E-state index in [0.717, 1.165) is 18.4 Å². The fourth-order valence-corrected chi connectivity index (χ4v) is 3.05. The minimum Gasteiger partial charge on any atom is -0.386 e. The summed E-state index contributed by atoms with van der Waals surface area (Å²) in [5.41, 5.74) is 0.889. The smallest absolute Gasteiger partial charge is 0.322 e. The lowest BCUT2D eigenvalue weighted by Gasteiger charge is -2.46. The average Bonchev–Trinajstić information content (AvgIpc) is 3.26. The van der Waals surface area contributed by atoms with Gasteiger partial charge in [-0.15, -0.1) is 0 Å². The topological polar surface area (TPSA) is 83.3 Å². The molecule has 4 rings (SSSR count). The lowest BCUT2D eigenvalue weighted by molar-refractivity contribution is -0.0897. The predicted molar refractivity (Wildman–Crippen MR) is 84.7 cm³/mol. The second-order valence-corrected chi connectivity index (χ2v) is 6.49. The predicted octanol–water partition coefficient (Wildman–Crippen LogP) is 1.47. The van der Waals surface area contributed by atoms with Crippen molar-refractivity contribution in [1.29, 1.82) is 0 Å². The monoisotopic (exact) mass is 313 g/mol. The van der Waals surface area contributed by atoms with Crippen molar-refractivity contribution in [2.24, 2.45) is 13.0 Å². The Hall–Kier alpha value is -2.41. The third-order valence-corrected chi connectivity index (χ3v) is 4.53. The van der Waals surface area contributed by atoms with Gasteiger partial charge in [0.15, 0.2) is 5.82 Å². The third kappa shape index (κ3) is 2.68. The van der Waals surface area contributed by atoms with Crippen molar-refractivity contribution in [1.82, 2.24) is 19.7 Å². The highest BCUT2D eigenvalue weighted by atomic mass is 16.3. The first-order chi connectivity index (χ1) is 11.0. The summed E-state index contributed by atoms with van der Waals surface area (Å²) in [5, 5.41) is 17.4. The van der Waals surface area contributed by atoms with E-state index in [0.29, 0.717) is 30.5 Å². The summed E-state index contributed by atoms with van der Waals surface area (Å²) in [5.74, 6) is 1.00. The number of hydrogen-bond acceptors (Lipinski definition) is 4. The van der Waals surface area contributed by atoms with Crippen molar-refractivity contribution in [3.05, 3.63) is 30.6 Å². The van der Waals surface area contributed by atoms with Crippen molar-refractivity contribution in [2.75, 3.05) is 18.4 Å². The summed E-state index contributed by atoms with van der Waals surface area (Å²) < 4.78 is 1.64. The lowest BCUT2D eigenvalue weighted by Crippen LogP contribution is -2.65. The fraction of sp³-hybridized carbons (Fsp3) is 0.438. The van der Waals surface area contributed by atoms with Gasteiger partial charge in [0.25, 0.3) is 0 Å². The molecule has 7 heteroatoms. The summed E-state index contributed by atoms with van der Waals surface area (Å²) in [7, 11) is 1.81. The van der Waals surface area contributed by atoms with Crippen LogP contribution in [0.15, 0.2) is 30.6 Å². The molecule has 2 amide bonds. The zero-order valence-electron chi connectivity index (χ0n) is 12.9. The van der Waals surface area contributed by atoms with E-state index in [1.165, 1.54) is 0 Å². The van der Waals surface area contributed by atoms with Gasteiger partial charge in [0.1, 0.15) is 11.9 Å². The highest BCUT2D eigenvalue weighted by Crippen LogP contribution is 2.44. The number of amides is 2. The number of β-amino-alcohol motifs (C(OH)–C–C–N with tert-alkyl or cyclic N) is 1. The fourth-order valence-electron chi connectivity index (χ4n) is 3.05. The van der Waals surface area contributed by atoms with Gasteiger partial charge in [0.2, 0.25) is 0 Å². The molecule has 0 unspecified atom stereocenters. The molecule has 120 valence electrons. The molecule has 0 radical (unpaired) electrons. The number of aromatic nitrogens is 3. The van der Waals surface area contributed by atoms with Crippen molar-refractivity contribution in [3.8, 4) is 11.4 Å². The van der Waals surface area contributed by atoms with Gasteiger partial charge in [-0.1, -0.05) is 12.1 Å². The van der Waals surface area contributed by atoms with Crippen LogP contribution in [0, 0.1) is 5.92 Å². The van der Waals surface area contributed by atoms with E-state index >= 15 is 0 Å². The molecule has 2 aromatic rings. The summed E-state index contributed by atoms with van der Waals surface area (Å²) in [6, 6.07) is 7.26. The van der Waals surface area contributed by atoms with Crippen LogP contribution in [0.1, 0.15) is 12.8 Å². The molecule has 1 aromatic carbocycles. The molecule has 1 aliphatic heterocycles. The molecule has 2 aliphatic rings. The average molecular weight is 313 g/mol. The van der Waals surface area contributed by atoms with Crippen LogP contribution in [-0.2, 0) is 7.05 Å². The molecule has 1 aromatic heterocycles. The molecule has 2 fully saturated rings. The normalized spacial score (nSPS) is 19.3. The molecule has 0 atom stereocenters. The second kappa shape index (κ2) is 5.06. The van der Waals surface area contributed by atoms with Crippen molar-refractivity contribution in [3.63, 3.8) is 0 Å². The maximum atomic E-state index is 12.2. The van der Waals surface area contributed by atoms with Gasteiger partial charge in [-0.3, -0.25) is 4.68 Å². The SMILES string of the molecule is Cn1cnc(-c2cccc(NC(=O)N3CC(O)(C4CC4)C3)c2)n1. The number of rotatable bonds is 3. The van der Waals surface area contributed by atoms with Gasteiger partial charge in [0.05, 0.1) is 13.1 Å². The molecular formula is C16H19N5O2. The highest BCUT2D eigenvalue weighted by molar-refractivity contribution is 5.90. The summed E-state index contributed by atoms with van der Waals surface area (Å²) in [4.78, 5) is 18.1. The Balaban J connectivity index is 1.42. The largest absolute Gasteiger partial charge is 0.386 e. The van der Waals surface area contributed by atoms with Gasteiger partial charge >= 0.3 is 6.03 Å². The minimum atomic E-state index is -0.656. The van der Waals surface area contributed by atoms with Gasteiger partial charge in [-0.25, -0.2) is 9.78 Å². The van der Waals surface area contributed by atoms with Gasteiger partial charge in [0, 0.05) is 18.3 Å². The van der Waals surface area contributed by atoms with Crippen molar-refractivity contribution >= 4 is 11.7 Å². The molecule has 0 spiro atoms. The second-order valence-electron chi connectivity index (χ2n) is 6.49. The van der Waals surface area contributed by atoms with E-state index in [2.05, 4.69) is 15.4 Å². The van der Waals surface area contributed by atoms with Crippen LogP contribution in [0.3, 0.4) is 0 Å². The zero-order valence-corrected chi connectivity index (χ0v) is 12.9. The van der Waals surface area contributed by atoms with Crippen molar-refractivity contribution < 1.29 is 9.90 Å². The maximum absolute atomic E-state index is 12.2. The molecule has 2 N–H and O–H groups in total. The number of aryl methyl sites for hydroxylation is 1. The Bertz CT molecular complexity index is 746. The van der Waals surface area contributed by atoms with E-state index in [-0.39, 0.29) is 6.03 Å². The molecule has 1 aliphatic carbocycles. The molecular weight excluding hydrogens is 294 g/mol. The van der Waals surface area contributed by atoms with Crippen LogP contribution < -0.4 is 5.32 Å². The first kappa shape index (κ1) is 14.2. The molecule has 1 saturated carbocycles. The van der Waals surface area contributed by atoms with E-state index in [1.807, 2.05) is 31.3 Å². The number of benzene rings is 1. The first-order valence-electron chi connectivity index (χ1n) is 7.78. The van der Waals surface area contributed by atoms with Crippen LogP contribution in [0.2, 0.25) is 0 Å². The van der Waals surface area contributed by atoms with E-state index in [4.69, 9.17) is 0 Å². The third-order valence-electron chi connectivity index (χ3n) is 4.53. The Morgan fingerprint density at radius 3 is 2.83 bits per heavy atom. The number of aliphatic hydroxyl groups is 1. The van der Waals surface area contributed by atoms with E-state index < -0.39 is 5.60 Å². The van der Waals surface area contributed by atoms with Crippen molar-refractivity contribution in [2.45, 2.75) is 18.4 Å². The summed E-state index contributed by atoms with van der Waals surface area (Å²) in [6.45, 7) is 0.843. The molecule has 7 nitrogen and oxygen atoms in total. The number of anilines is 1. The number of urea groups is 1. The zero-order chi connectivity index (χ0) is 16.0. The Morgan fingerprint density at radius 1 is 1.39 bits per heavy atom. The van der Waals surface area contributed by atoms with Crippen LogP contribution in [0.4, 0.5) is 10.5 Å². The number of nitrogens with one attached hydrogen (secondary N) is 1. The molecule has 1 saturated heterocycles. The van der Waals surface area contributed by atoms with Crippen LogP contribution in [-0.4, -0.2) is 49.5 Å². The first-order valence-corrected chi connectivity index (χ1v) is 7.78. The standard InChI is InChI=1S/C16H19N5O2/c1-20-10-17-14(19-20)11-3-2-4-13(7-11)18-15(22)21-8-16(23,9-21)12-5-6-12/h2-4,7,10,12,23H,5-6,8-9H2,1H3,(H,18,22). The van der Waals surface area contributed by atoms with Crippen LogP contribution in [0.5, 0.6) is 0 Å². The Labute approximate surface area is 133 Å². The van der Waals surface area contributed by atoms with Gasteiger partial charge in [-0.05, 0) is 30.9 Å². The lowest BCUT2D eigenvalue weighted by atomic mass is 9.89. The maximum Gasteiger partial charge on any atom is 0.322 e. The van der Waals surface area contributed by atoms with Gasteiger partial charge in [-0.2, -0.15) is 5.10 Å². The molecule has 0 bridgehead atoms. The number of hydrogen-bond donors (Lipinski definition) is 2. The number of likely N-dealkylation sites (tertiary alicyclic amines) is 1. The molecule has 2 heterocycles. The Morgan fingerprint density at radius 2 is 2.17 bits per heavy atom. The summed E-state index contributed by atoms with van der Waals surface area (Å²) in [6.07, 6.45) is 3.79. The van der Waals surface area contributed by atoms with Gasteiger partial charge < -0.3 is 15.3 Å². The van der Waals surface area contributed by atoms with Crippen LogP contribution in [0.25, 0.3) is 11.4 Å². The number of carbonyl (C=O) groups is 1. The number of nitrogens with zero attached hydrogens (tertiary/aromatic N) is 4. The quantitative estimate of drug-likeness (QED) is 0.899. The Kier molecular flexibility index (Phi) is 3.12. The highest BCUT2D eigenvalue weighted by Gasteiger charge is 2.53. The van der Waals surface area contributed by atoms with E-state index in [9.17, 15) is 9.90 Å². The molecule has 23 heavy (non-hydrogen) atoms. The number of carbonyl (C=O) groups excluding carboxylic acids is 1.